The van der Waals surface area contributed by atoms with Crippen molar-refractivity contribution < 1.29 is 0 Å². The van der Waals surface area contributed by atoms with E-state index in [9.17, 15) is 4.79 Å². The minimum absolute atomic E-state index is 0.196. The maximum absolute atomic E-state index is 13.4. The van der Waals surface area contributed by atoms with Crippen LogP contribution in [0.5, 0.6) is 0 Å². The van der Waals surface area contributed by atoms with Gasteiger partial charge in [0.1, 0.15) is 10.8 Å². The molecule has 31 heavy (non-hydrogen) atoms. The number of aromatic nitrogens is 5. The van der Waals surface area contributed by atoms with Gasteiger partial charge in [0.15, 0.2) is 0 Å². The van der Waals surface area contributed by atoms with E-state index in [2.05, 4.69) is 15.2 Å². The Morgan fingerprint density at radius 2 is 1.68 bits per heavy atom. The highest BCUT2D eigenvalue weighted by molar-refractivity contribution is 7.17. The van der Waals surface area contributed by atoms with Crippen molar-refractivity contribution in [2.45, 2.75) is 0 Å². The van der Waals surface area contributed by atoms with Gasteiger partial charge in [0.2, 0.25) is 5.13 Å². The molecule has 2 aromatic carbocycles. The molecule has 0 unspecified atom stereocenters. The third-order valence-corrected chi connectivity index (χ3v) is 5.84. The van der Waals surface area contributed by atoms with E-state index in [1.54, 1.807) is 36.7 Å². The quantitative estimate of drug-likeness (QED) is 0.385. The van der Waals surface area contributed by atoms with Gasteiger partial charge in [-0.05, 0) is 48.0 Å². The second-order valence-electron chi connectivity index (χ2n) is 6.64. The van der Waals surface area contributed by atoms with Crippen LogP contribution in [0.4, 0.5) is 0 Å². The zero-order valence-electron chi connectivity index (χ0n) is 16.0. The van der Waals surface area contributed by atoms with Crippen molar-refractivity contribution in [2.75, 3.05) is 0 Å². The van der Waals surface area contributed by atoms with Crippen LogP contribution in [0, 0.1) is 0 Å². The summed E-state index contributed by atoms with van der Waals surface area (Å²) in [6.07, 6.45) is 7.11. The van der Waals surface area contributed by atoms with Crippen molar-refractivity contribution in [1.82, 2.24) is 24.7 Å². The lowest BCUT2D eigenvalue weighted by molar-refractivity contribution is 0.899. The smallest absolute Gasteiger partial charge is 0.268 e. The Bertz CT molecular complexity index is 1460. The fourth-order valence-electron chi connectivity index (χ4n) is 3.11. The van der Waals surface area contributed by atoms with Crippen molar-refractivity contribution in [1.29, 1.82) is 0 Å². The second-order valence-corrected chi connectivity index (χ2v) is 8.03. The first kappa shape index (κ1) is 19.3. The lowest BCUT2D eigenvalue weighted by atomic mass is 10.2. The van der Waals surface area contributed by atoms with Crippen LogP contribution in [0.25, 0.3) is 38.8 Å². The van der Waals surface area contributed by atoms with Gasteiger partial charge in [0.05, 0.1) is 10.9 Å². The summed E-state index contributed by atoms with van der Waals surface area (Å²) < 4.78 is 1.50. The number of hydrogen-bond acceptors (Lipinski definition) is 6. The fourth-order valence-corrected chi connectivity index (χ4v) is 4.09. The molecule has 0 fully saturated rings. The zero-order valence-corrected chi connectivity index (χ0v) is 17.6. The third kappa shape index (κ3) is 3.88. The topological polar surface area (TPSA) is 73.6 Å². The molecule has 0 amide bonds. The Balaban J connectivity index is 1.67. The first-order valence-electron chi connectivity index (χ1n) is 9.39. The molecule has 0 aliphatic carbocycles. The molecule has 5 aromatic rings. The maximum atomic E-state index is 13.4. The molecule has 5 rings (SSSR count). The summed E-state index contributed by atoms with van der Waals surface area (Å²) in [7, 11) is 0. The largest absolute Gasteiger partial charge is 0.268 e. The van der Waals surface area contributed by atoms with Gasteiger partial charge in [-0.25, -0.2) is 9.55 Å². The molecule has 0 spiro atoms. The standard InChI is InChI=1S/C23H14ClN5OS/c24-17-8-6-16(7-9-17)21-27-28-23(31-21)29-20(10-5-15-11-13-25-14-12-15)26-19-4-2-1-3-18(19)22(29)30/h1-14H/b10-5+. The zero-order chi connectivity index (χ0) is 21.2. The van der Waals surface area contributed by atoms with Gasteiger partial charge in [-0.3, -0.25) is 9.78 Å². The van der Waals surface area contributed by atoms with Crippen LogP contribution < -0.4 is 5.56 Å². The van der Waals surface area contributed by atoms with E-state index in [0.717, 1.165) is 11.1 Å². The van der Waals surface area contributed by atoms with Gasteiger partial charge in [-0.1, -0.05) is 53.3 Å². The van der Waals surface area contributed by atoms with Crippen LogP contribution in [0.3, 0.4) is 0 Å². The molecule has 150 valence electrons. The average molecular weight is 444 g/mol. The second kappa shape index (κ2) is 8.22. The SMILES string of the molecule is O=c1c2ccccc2nc(/C=C/c2ccncc2)n1-c1nnc(-c2ccc(Cl)cc2)s1. The number of pyridine rings is 1. The predicted octanol–water partition coefficient (Wildman–Crippen LogP) is 5.12. The van der Waals surface area contributed by atoms with Crippen molar-refractivity contribution >= 4 is 46.0 Å². The first-order chi connectivity index (χ1) is 15.2. The molecular formula is C23H14ClN5OS. The van der Waals surface area contributed by atoms with Gasteiger partial charge in [-0.2, -0.15) is 0 Å². The highest BCUT2D eigenvalue weighted by atomic mass is 35.5. The molecule has 0 bridgehead atoms. The van der Waals surface area contributed by atoms with E-state index in [0.29, 0.717) is 31.9 Å². The Labute approximate surface area is 186 Å². The van der Waals surface area contributed by atoms with Crippen LogP contribution in [-0.2, 0) is 0 Å². The lowest BCUT2D eigenvalue weighted by Crippen LogP contribution is -2.22. The molecular weight excluding hydrogens is 430 g/mol. The van der Waals surface area contributed by atoms with Crippen molar-refractivity contribution in [3.8, 4) is 15.7 Å². The predicted molar refractivity (Wildman–Crippen MR) is 124 cm³/mol. The monoisotopic (exact) mass is 443 g/mol. The summed E-state index contributed by atoms with van der Waals surface area (Å²) in [4.78, 5) is 22.1. The van der Waals surface area contributed by atoms with Crippen LogP contribution in [-0.4, -0.2) is 24.7 Å². The summed E-state index contributed by atoms with van der Waals surface area (Å²) >= 11 is 7.30. The summed E-state index contributed by atoms with van der Waals surface area (Å²) in [6.45, 7) is 0. The first-order valence-corrected chi connectivity index (χ1v) is 10.6. The Hall–Kier alpha value is -3.68. The van der Waals surface area contributed by atoms with Crippen LogP contribution in [0.15, 0.2) is 77.9 Å². The average Bonchev–Trinajstić information content (AvgIpc) is 3.28. The summed E-state index contributed by atoms with van der Waals surface area (Å²) in [5.41, 5.74) is 2.26. The van der Waals surface area contributed by atoms with Crippen LogP contribution in [0.2, 0.25) is 5.02 Å². The molecule has 0 atom stereocenters. The van der Waals surface area contributed by atoms with E-state index in [4.69, 9.17) is 16.6 Å². The fraction of sp³-hybridized carbons (Fsp3) is 0. The number of nitrogens with zero attached hydrogens (tertiary/aromatic N) is 5. The molecule has 0 saturated heterocycles. The van der Waals surface area contributed by atoms with Crippen LogP contribution in [0.1, 0.15) is 11.4 Å². The van der Waals surface area contributed by atoms with Gasteiger partial charge >= 0.3 is 0 Å². The Morgan fingerprint density at radius 1 is 0.903 bits per heavy atom. The van der Waals surface area contributed by atoms with E-state index in [-0.39, 0.29) is 5.56 Å². The molecule has 3 heterocycles. The summed E-state index contributed by atoms with van der Waals surface area (Å²) in [6, 6.07) is 18.4. The summed E-state index contributed by atoms with van der Waals surface area (Å²) in [5.74, 6) is 0.472. The Morgan fingerprint density at radius 3 is 2.48 bits per heavy atom. The molecule has 0 aliphatic heterocycles. The molecule has 0 saturated carbocycles. The Kier molecular flexibility index (Phi) is 5.11. The van der Waals surface area contributed by atoms with E-state index in [1.165, 1.54) is 15.9 Å². The normalized spacial score (nSPS) is 11.4. The highest BCUT2D eigenvalue weighted by Gasteiger charge is 2.16. The van der Waals surface area contributed by atoms with Crippen molar-refractivity contribution in [3.63, 3.8) is 0 Å². The number of hydrogen-bond donors (Lipinski definition) is 0. The highest BCUT2D eigenvalue weighted by Crippen LogP contribution is 2.27. The van der Waals surface area contributed by atoms with E-state index >= 15 is 0 Å². The number of rotatable bonds is 4. The molecule has 3 aromatic heterocycles. The number of halogens is 1. The number of benzene rings is 2. The van der Waals surface area contributed by atoms with Gasteiger partial charge in [-0.15, -0.1) is 10.2 Å². The minimum atomic E-state index is -0.196. The van der Waals surface area contributed by atoms with E-state index in [1.807, 2.05) is 48.5 Å². The maximum Gasteiger partial charge on any atom is 0.268 e. The van der Waals surface area contributed by atoms with Gasteiger partial charge in [0, 0.05) is 23.0 Å². The molecule has 0 radical (unpaired) electrons. The van der Waals surface area contributed by atoms with Crippen molar-refractivity contribution in [2.24, 2.45) is 0 Å². The molecule has 8 heteroatoms. The minimum Gasteiger partial charge on any atom is -0.268 e. The summed E-state index contributed by atoms with van der Waals surface area (Å²) in [5, 5.41) is 10.9. The van der Waals surface area contributed by atoms with E-state index < -0.39 is 0 Å². The van der Waals surface area contributed by atoms with Crippen molar-refractivity contribution in [3.05, 3.63) is 99.8 Å². The molecule has 0 N–H and O–H groups in total. The molecule has 0 aliphatic rings. The van der Waals surface area contributed by atoms with Gasteiger partial charge < -0.3 is 0 Å². The lowest BCUT2D eigenvalue weighted by Gasteiger charge is -2.07. The van der Waals surface area contributed by atoms with Gasteiger partial charge in [0.25, 0.3) is 5.56 Å². The molecule has 6 nitrogen and oxygen atoms in total. The number of fused-ring (bicyclic) bond motifs is 1. The number of para-hydroxylation sites is 1. The van der Waals surface area contributed by atoms with Crippen LogP contribution >= 0.6 is 22.9 Å². The third-order valence-electron chi connectivity index (χ3n) is 4.63.